The van der Waals surface area contributed by atoms with Crippen molar-refractivity contribution in [3.8, 4) is 5.75 Å². The van der Waals surface area contributed by atoms with Crippen LogP contribution in [0.15, 0.2) is 28.1 Å². The molecule has 0 bridgehead atoms. The number of ether oxygens (including phenoxy) is 1. The monoisotopic (exact) mass is 279 g/mol. The molecule has 0 aliphatic carbocycles. The van der Waals surface area contributed by atoms with Crippen molar-refractivity contribution in [2.45, 2.75) is 0 Å². The van der Waals surface area contributed by atoms with Crippen LogP contribution in [-0.4, -0.2) is 23.1 Å². The molecule has 8 heteroatoms. The molecular formula is C11H9N3O4S. The van der Waals surface area contributed by atoms with Gasteiger partial charge >= 0.3 is 0 Å². The van der Waals surface area contributed by atoms with E-state index in [9.17, 15) is 14.9 Å². The van der Waals surface area contributed by atoms with Gasteiger partial charge in [0.15, 0.2) is 5.17 Å². The van der Waals surface area contributed by atoms with Crippen LogP contribution in [0.3, 0.4) is 0 Å². The first-order valence-corrected chi connectivity index (χ1v) is 5.93. The van der Waals surface area contributed by atoms with E-state index in [2.05, 4.69) is 4.99 Å². The largest absolute Gasteiger partial charge is 0.496 e. The maximum absolute atomic E-state index is 11.5. The molecule has 1 aliphatic heterocycles. The number of amides is 1. The van der Waals surface area contributed by atoms with Crippen molar-refractivity contribution in [2.75, 3.05) is 7.11 Å². The lowest BCUT2D eigenvalue weighted by atomic mass is 10.1. The molecule has 0 saturated heterocycles. The zero-order chi connectivity index (χ0) is 14.0. The Morgan fingerprint density at radius 2 is 2.26 bits per heavy atom. The van der Waals surface area contributed by atoms with Gasteiger partial charge in [0.05, 0.1) is 16.9 Å². The predicted octanol–water partition coefficient (Wildman–Crippen LogP) is 1.53. The first-order valence-electron chi connectivity index (χ1n) is 5.11. The molecule has 1 aromatic carbocycles. The number of aliphatic imine (C=N–C) groups is 1. The minimum Gasteiger partial charge on any atom is -0.496 e. The summed E-state index contributed by atoms with van der Waals surface area (Å²) in [5, 5.41) is 10.9. The summed E-state index contributed by atoms with van der Waals surface area (Å²) in [7, 11) is 1.44. The topological polar surface area (TPSA) is 108 Å². The van der Waals surface area contributed by atoms with Gasteiger partial charge in [-0.3, -0.25) is 14.9 Å². The molecule has 1 heterocycles. The van der Waals surface area contributed by atoms with Crippen molar-refractivity contribution in [1.82, 2.24) is 0 Å². The number of carbonyl (C=O) groups excluding carboxylic acids is 1. The lowest BCUT2D eigenvalue weighted by Crippen LogP contribution is -2.01. The summed E-state index contributed by atoms with van der Waals surface area (Å²) in [5.41, 5.74) is 5.77. The fourth-order valence-electron chi connectivity index (χ4n) is 1.51. The van der Waals surface area contributed by atoms with Gasteiger partial charge in [0, 0.05) is 17.7 Å². The number of nitrogens with zero attached hydrogens (tertiary/aromatic N) is 2. The van der Waals surface area contributed by atoms with E-state index in [0.29, 0.717) is 16.2 Å². The fourth-order valence-corrected chi connectivity index (χ4v) is 2.19. The number of carbonyl (C=O) groups is 1. The number of methoxy groups -OCH3 is 1. The summed E-state index contributed by atoms with van der Waals surface area (Å²) in [4.78, 5) is 25.6. The maximum atomic E-state index is 11.5. The first-order chi connectivity index (χ1) is 9.01. The van der Waals surface area contributed by atoms with E-state index in [4.69, 9.17) is 10.5 Å². The summed E-state index contributed by atoms with van der Waals surface area (Å²) >= 11 is 1.02. The number of amidine groups is 1. The van der Waals surface area contributed by atoms with Crippen LogP contribution >= 0.6 is 11.8 Å². The van der Waals surface area contributed by atoms with E-state index >= 15 is 0 Å². The van der Waals surface area contributed by atoms with Crippen molar-refractivity contribution in [3.63, 3.8) is 0 Å². The molecule has 98 valence electrons. The van der Waals surface area contributed by atoms with Crippen molar-refractivity contribution in [3.05, 3.63) is 38.8 Å². The number of rotatable bonds is 3. The molecule has 1 aromatic rings. The van der Waals surface area contributed by atoms with Gasteiger partial charge in [0.1, 0.15) is 5.75 Å². The number of thioether (sulfide) groups is 1. The van der Waals surface area contributed by atoms with Crippen molar-refractivity contribution in [1.29, 1.82) is 0 Å². The molecule has 0 saturated carbocycles. The van der Waals surface area contributed by atoms with Gasteiger partial charge < -0.3 is 10.5 Å². The molecule has 19 heavy (non-hydrogen) atoms. The molecule has 0 fully saturated rings. The van der Waals surface area contributed by atoms with Crippen molar-refractivity contribution < 1.29 is 14.5 Å². The molecule has 0 atom stereocenters. The van der Waals surface area contributed by atoms with E-state index < -0.39 is 10.8 Å². The Labute approximate surface area is 112 Å². The Hall–Kier alpha value is -2.35. The third kappa shape index (κ3) is 2.74. The van der Waals surface area contributed by atoms with Crippen LogP contribution in [0.1, 0.15) is 5.56 Å². The summed E-state index contributed by atoms with van der Waals surface area (Å²) in [6.45, 7) is 0. The van der Waals surface area contributed by atoms with E-state index in [-0.39, 0.29) is 10.9 Å². The third-order valence-corrected chi connectivity index (χ3v) is 3.16. The lowest BCUT2D eigenvalue weighted by molar-refractivity contribution is -0.384. The smallest absolute Gasteiger partial charge is 0.286 e. The highest BCUT2D eigenvalue weighted by atomic mass is 32.2. The number of nitro groups is 1. The highest BCUT2D eigenvalue weighted by Gasteiger charge is 2.20. The summed E-state index contributed by atoms with van der Waals surface area (Å²) in [5.74, 6) is -0.0342. The molecule has 2 rings (SSSR count). The van der Waals surface area contributed by atoms with Gasteiger partial charge in [0.2, 0.25) is 0 Å². The molecule has 7 nitrogen and oxygen atoms in total. The summed E-state index contributed by atoms with van der Waals surface area (Å²) < 4.78 is 5.10. The van der Waals surface area contributed by atoms with Gasteiger partial charge in [-0.15, -0.1) is 0 Å². The fraction of sp³-hybridized carbons (Fsp3) is 0.0909. The molecule has 1 aliphatic rings. The number of nitro benzene ring substituents is 1. The standard InChI is InChI=1S/C11H9N3O4S/c1-18-8-3-2-7(14(16)17)4-6(8)5-9-10(15)13-11(12)19-9/h2-5H,1H3,(H2,12,13,15). The van der Waals surface area contributed by atoms with Crippen LogP contribution in [-0.2, 0) is 4.79 Å². The highest BCUT2D eigenvalue weighted by molar-refractivity contribution is 8.18. The lowest BCUT2D eigenvalue weighted by Gasteiger charge is -2.04. The molecule has 0 spiro atoms. The van der Waals surface area contributed by atoms with Crippen LogP contribution in [0.5, 0.6) is 5.75 Å². The minimum absolute atomic E-state index is 0.0861. The van der Waals surface area contributed by atoms with E-state index in [1.165, 1.54) is 31.4 Å². The van der Waals surface area contributed by atoms with Gasteiger partial charge in [-0.05, 0) is 23.9 Å². The number of nitrogens with two attached hydrogens (primary N) is 1. The number of hydrogen-bond donors (Lipinski definition) is 1. The number of hydrogen-bond acceptors (Lipinski definition) is 6. The zero-order valence-corrected chi connectivity index (χ0v) is 10.6. The van der Waals surface area contributed by atoms with Crippen LogP contribution in [0.2, 0.25) is 0 Å². The average Bonchev–Trinajstić information content (AvgIpc) is 2.67. The second-order valence-electron chi connectivity index (χ2n) is 3.55. The molecule has 2 N–H and O–H groups in total. The second-order valence-corrected chi connectivity index (χ2v) is 4.61. The zero-order valence-electron chi connectivity index (χ0n) is 9.82. The molecule has 0 unspecified atom stereocenters. The number of benzene rings is 1. The van der Waals surface area contributed by atoms with E-state index in [1.54, 1.807) is 0 Å². The van der Waals surface area contributed by atoms with Crippen LogP contribution in [0.25, 0.3) is 6.08 Å². The van der Waals surface area contributed by atoms with Gasteiger partial charge in [-0.25, -0.2) is 0 Å². The Morgan fingerprint density at radius 3 is 2.79 bits per heavy atom. The SMILES string of the molecule is COc1ccc([N+](=O)[O-])cc1C=C1SC(N)=NC1=O. The quantitative estimate of drug-likeness (QED) is 0.510. The van der Waals surface area contributed by atoms with Gasteiger partial charge in [0.25, 0.3) is 11.6 Å². The molecular weight excluding hydrogens is 270 g/mol. The second kappa shape index (κ2) is 5.11. The van der Waals surface area contributed by atoms with Crippen LogP contribution < -0.4 is 10.5 Å². The molecule has 1 amide bonds. The normalized spacial score (nSPS) is 16.6. The van der Waals surface area contributed by atoms with E-state index in [1.807, 2.05) is 0 Å². The van der Waals surface area contributed by atoms with Crippen LogP contribution in [0.4, 0.5) is 5.69 Å². The first kappa shape index (κ1) is 13.1. The Morgan fingerprint density at radius 1 is 1.53 bits per heavy atom. The number of non-ortho nitro benzene ring substituents is 1. The Balaban J connectivity index is 2.44. The van der Waals surface area contributed by atoms with Crippen molar-refractivity contribution in [2.24, 2.45) is 10.7 Å². The Bertz CT molecular complexity index is 624. The molecule has 0 aromatic heterocycles. The average molecular weight is 279 g/mol. The van der Waals surface area contributed by atoms with Crippen LogP contribution in [0, 0.1) is 10.1 Å². The van der Waals surface area contributed by atoms with Crippen molar-refractivity contribution >= 4 is 34.6 Å². The minimum atomic E-state index is -0.518. The van der Waals surface area contributed by atoms with Gasteiger partial charge in [-0.1, -0.05) is 0 Å². The summed E-state index contributed by atoms with van der Waals surface area (Å²) in [6, 6.07) is 4.13. The molecule has 0 radical (unpaired) electrons. The Kier molecular flexibility index (Phi) is 3.52. The summed E-state index contributed by atoms with van der Waals surface area (Å²) in [6.07, 6.45) is 1.47. The van der Waals surface area contributed by atoms with Gasteiger partial charge in [-0.2, -0.15) is 4.99 Å². The van der Waals surface area contributed by atoms with E-state index in [0.717, 1.165) is 11.8 Å². The predicted molar refractivity (Wildman–Crippen MR) is 71.8 cm³/mol. The highest BCUT2D eigenvalue weighted by Crippen LogP contribution is 2.31. The third-order valence-electron chi connectivity index (χ3n) is 2.35. The maximum Gasteiger partial charge on any atom is 0.286 e.